The molecular formula is C20H16Cl5NO2. The van der Waals surface area contributed by atoms with Gasteiger partial charge in [-0.05, 0) is 36.4 Å². The van der Waals surface area contributed by atoms with Crippen molar-refractivity contribution in [3.8, 4) is 11.5 Å². The number of hydrogen-bond donors (Lipinski definition) is 2. The fourth-order valence-corrected chi connectivity index (χ4v) is 3.84. The third kappa shape index (κ3) is 5.31. The fourth-order valence-electron chi connectivity index (χ4n) is 2.77. The van der Waals surface area contributed by atoms with Crippen molar-refractivity contribution in [2.45, 2.75) is 13.1 Å². The molecule has 0 aromatic heterocycles. The summed E-state index contributed by atoms with van der Waals surface area (Å²) in [5.74, 6) is -0.0642. The van der Waals surface area contributed by atoms with Crippen LogP contribution in [-0.2, 0) is 13.1 Å². The van der Waals surface area contributed by atoms with Crippen LogP contribution in [0, 0.1) is 0 Å². The first-order chi connectivity index (χ1) is 12.8. The Hall–Kier alpha value is -1.49. The van der Waals surface area contributed by atoms with Crippen LogP contribution in [0.15, 0.2) is 54.6 Å². The molecule has 2 N–H and O–H groups in total. The standard InChI is InChI=1S/C20H15Cl4NO2.ClH/c21-14-6-12(19(26)17(23)8-14)10-25(16-4-2-1-3-5-16)11-13-7-15(22)9-18(24)20(13)27;/h1-9,26-27H,10-11H2;1H. The van der Waals surface area contributed by atoms with Gasteiger partial charge in [0.05, 0.1) is 10.0 Å². The molecule has 148 valence electrons. The molecule has 0 bridgehead atoms. The maximum Gasteiger partial charge on any atom is 0.139 e. The number of rotatable bonds is 5. The van der Waals surface area contributed by atoms with Crippen molar-refractivity contribution >= 4 is 64.5 Å². The largest absolute Gasteiger partial charge is 0.506 e. The van der Waals surface area contributed by atoms with Gasteiger partial charge in [-0.2, -0.15) is 0 Å². The summed E-state index contributed by atoms with van der Waals surface area (Å²) in [6.45, 7) is 0.611. The molecule has 3 aromatic rings. The summed E-state index contributed by atoms with van der Waals surface area (Å²) in [6, 6.07) is 15.8. The molecule has 0 aliphatic carbocycles. The molecule has 0 fully saturated rings. The van der Waals surface area contributed by atoms with Crippen LogP contribution >= 0.6 is 58.8 Å². The van der Waals surface area contributed by atoms with Crippen LogP contribution in [0.4, 0.5) is 5.69 Å². The Balaban J connectivity index is 0.00000280. The van der Waals surface area contributed by atoms with Crippen LogP contribution in [0.1, 0.15) is 11.1 Å². The van der Waals surface area contributed by atoms with Crippen LogP contribution in [0.25, 0.3) is 0 Å². The van der Waals surface area contributed by atoms with Gasteiger partial charge in [0.2, 0.25) is 0 Å². The summed E-state index contributed by atoms with van der Waals surface area (Å²) in [6.07, 6.45) is 0. The second-order valence-electron chi connectivity index (χ2n) is 5.98. The van der Waals surface area contributed by atoms with E-state index in [1.807, 2.05) is 35.2 Å². The van der Waals surface area contributed by atoms with Gasteiger partial charge in [-0.1, -0.05) is 64.6 Å². The van der Waals surface area contributed by atoms with Gasteiger partial charge in [-0.3, -0.25) is 0 Å². The molecule has 0 heterocycles. The van der Waals surface area contributed by atoms with Crippen molar-refractivity contribution in [3.63, 3.8) is 0 Å². The summed E-state index contributed by atoms with van der Waals surface area (Å²) in [5, 5.41) is 21.8. The molecule has 0 aliphatic rings. The minimum absolute atomic E-state index is 0. The van der Waals surface area contributed by atoms with Gasteiger partial charge in [-0.15, -0.1) is 12.4 Å². The number of aromatic hydroxyl groups is 2. The Labute approximate surface area is 189 Å². The van der Waals surface area contributed by atoms with Crippen LogP contribution in [0.2, 0.25) is 20.1 Å². The highest BCUT2D eigenvalue weighted by Gasteiger charge is 2.17. The Bertz CT molecular complexity index is 907. The summed E-state index contributed by atoms with van der Waals surface area (Å²) >= 11 is 24.3. The number of benzene rings is 3. The maximum atomic E-state index is 10.3. The molecule has 0 atom stereocenters. The average Bonchev–Trinajstić information content (AvgIpc) is 2.63. The van der Waals surface area contributed by atoms with E-state index >= 15 is 0 Å². The number of halogens is 5. The third-order valence-corrected chi connectivity index (χ3v) is 5.07. The van der Waals surface area contributed by atoms with Crippen LogP contribution < -0.4 is 4.90 Å². The molecule has 0 unspecified atom stereocenters. The molecule has 3 rings (SSSR count). The second kappa shape index (κ2) is 9.82. The van der Waals surface area contributed by atoms with E-state index in [2.05, 4.69) is 0 Å². The summed E-state index contributed by atoms with van der Waals surface area (Å²) in [5.41, 5.74) is 2.00. The minimum atomic E-state index is -0.0321. The highest BCUT2D eigenvalue weighted by molar-refractivity contribution is 6.36. The first-order valence-electron chi connectivity index (χ1n) is 7.99. The van der Waals surface area contributed by atoms with Gasteiger partial charge >= 0.3 is 0 Å². The topological polar surface area (TPSA) is 43.7 Å². The number of phenolic OH excluding ortho intramolecular Hbond substituents is 2. The van der Waals surface area contributed by atoms with Crippen molar-refractivity contribution in [2.24, 2.45) is 0 Å². The molecule has 8 heteroatoms. The molecule has 0 spiro atoms. The summed E-state index contributed by atoms with van der Waals surface area (Å²) < 4.78 is 0. The molecule has 0 amide bonds. The van der Waals surface area contributed by atoms with Gasteiger partial charge in [0.25, 0.3) is 0 Å². The van der Waals surface area contributed by atoms with Gasteiger partial charge in [0.1, 0.15) is 11.5 Å². The van der Waals surface area contributed by atoms with E-state index in [4.69, 9.17) is 46.4 Å². The molecule has 0 saturated heterocycles. The number of anilines is 1. The van der Waals surface area contributed by atoms with Crippen LogP contribution in [0.5, 0.6) is 11.5 Å². The Morgan fingerprint density at radius 2 is 1.11 bits per heavy atom. The van der Waals surface area contributed by atoms with E-state index in [1.165, 1.54) is 12.1 Å². The van der Waals surface area contributed by atoms with E-state index in [-0.39, 0.29) is 34.0 Å². The van der Waals surface area contributed by atoms with Gasteiger partial charge in [0, 0.05) is 39.9 Å². The van der Waals surface area contributed by atoms with Crippen molar-refractivity contribution < 1.29 is 10.2 Å². The summed E-state index contributed by atoms with van der Waals surface area (Å²) in [7, 11) is 0. The van der Waals surface area contributed by atoms with Gasteiger partial charge in [-0.25, -0.2) is 0 Å². The predicted octanol–water partition coefficient (Wildman–Crippen LogP) is 7.34. The highest BCUT2D eigenvalue weighted by Crippen LogP contribution is 2.36. The molecule has 3 aromatic carbocycles. The molecule has 0 radical (unpaired) electrons. The number of nitrogens with zero attached hydrogens (tertiary/aromatic N) is 1. The number of hydrogen-bond acceptors (Lipinski definition) is 3. The van der Waals surface area contributed by atoms with E-state index in [0.717, 1.165) is 5.69 Å². The monoisotopic (exact) mass is 477 g/mol. The first-order valence-corrected chi connectivity index (χ1v) is 9.50. The normalized spacial score (nSPS) is 10.4. The van der Waals surface area contributed by atoms with Crippen LogP contribution in [0.3, 0.4) is 0 Å². The van der Waals surface area contributed by atoms with E-state index in [1.54, 1.807) is 12.1 Å². The zero-order valence-electron chi connectivity index (χ0n) is 14.4. The number of phenols is 2. The highest BCUT2D eigenvalue weighted by atomic mass is 35.5. The van der Waals surface area contributed by atoms with Crippen molar-refractivity contribution in [3.05, 3.63) is 85.8 Å². The summed E-state index contributed by atoms with van der Waals surface area (Å²) in [4.78, 5) is 1.95. The van der Waals surface area contributed by atoms with Crippen molar-refractivity contribution in [1.29, 1.82) is 0 Å². The second-order valence-corrected chi connectivity index (χ2v) is 7.67. The minimum Gasteiger partial charge on any atom is -0.506 e. The molecule has 3 nitrogen and oxygen atoms in total. The number of para-hydroxylation sites is 1. The molecular weight excluding hydrogens is 463 g/mol. The lowest BCUT2D eigenvalue weighted by molar-refractivity contribution is 0.464. The van der Waals surface area contributed by atoms with Crippen molar-refractivity contribution in [1.82, 2.24) is 0 Å². The predicted molar refractivity (Wildman–Crippen MR) is 120 cm³/mol. The lowest BCUT2D eigenvalue weighted by Crippen LogP contribution is -2.22. The molecule has 0 saturated carbocycles. The molecule has 0 aliphatic heterocycles. The smallest absolute Gasteiger partial charge is 0.139 e. The van der Waals surface area contributed by atoms with Crippen LogP contribution in [-0.4, -0.2) is 10.2 Å². The van der Waals surface area contributed by atoms with E-state index < -0.39 is 0 Å². The SMILES string of the molecule is Cl.Oc1c(Cl)cc(Cl)cc1CN(Cc1cc(Cl)cc(Cl)c1O)c1ccccc1. The van der Waals surface area contributed by atoms with Gasteiger partial charge < -0.3 is 15.1 Å². The molecule has 28 heavy (non-hydrogen) atoms. The zero-order chi connectivity index (χ0) is 19.6. The van der Waals surface area contributed by atoms with E-state index in [0.29, 0.717) is 34.3 Å². The zero-order valence-corrected chi connectivity index (χ0v) is 18.2. The van der Waals surface area contributed by atoms with E-state index in [9.17, 15) is 10.2 Å². The average molecular weight is 480 g/mol. The van der Waals surface area contributed by atoms with Crippen molar-refractivity contribution in [2.75, 3.05) is 4.90 Å². The van der Waals surface area contributed by atoms with Gasteiger partial charge in [0.15, 0.2) is 0 Å². The Morgan fingerprint density at radius 1 is 0.679 bits per heavy atom. The maximum absolute atomic E-state index is 10.3. The third-order valence-electron chi connectivity index (χ3n) is 4.06. The Morgan fingerprint density at radius 3 is 1.54 bits per heavy atom. The quantitative estimate of drug-likeness (QED) is 0.402. The Kier molecular flexibility index (Phi) is 7.99. The first kappa shape index (κ1) is 22.8. The lowest BCUT2D eigenvalue weighted by Gasteiger charge is -2.26. The fraction of sp³-hybridized carbons (Fsp3) is 0.100. The lowest BCUT2D eigenvalue weighted by atomic mass is 10.1.